The summed E-state index contributed by atoms with van der Waals surface area (Å²) in [5, 5.41) is 2.33. The van der Waals surface area contributed by atoms with Crippen molar-refractivity contribution in [1.82, 2.24) is 15.2 Å². The van der Waals surface area contributed by atoms with E-state index in [-0.39, 0.29) is 16.7 Å². The maximum atomic E-state index is 12.7. The first-order valence-electron chi connectivity index (χ1n) is 10.5. The van der Waals surface area contributed by atoms with E-state index in [4.69, 9.17) is 30.5 Å². The number of halogens is 4. The Labute approximate surface area is 204 Å². The summed E-state index contributed by atoms with van der Waals surface area (Å²) in [7, 11) is 1.23. The third kappa shape index (κ3) is 7.20. The number of aromatic nitrogens is 1. The molecule has 1 aromatic heterocycles. The summed E-state index contributed by atoms with van der Waals surface area (Å²) in [4.78, 5) is 30.2. The quantitative estimate of drug-likeness (QED) is 0.533. The van der Waals surface area contributed by atoms with E-state index in [1.165, 1.54) is 38.3 Å². The van der Waals surface area contributed by atoms with Crippen LogP contribution in [-0.4, -0.2) is 67.4 Å². The molecule has 190 valence electrons. The first-order chi connectivity index (χ1) is 16.6. The van der Waals surface area contributed by atoms with Gasteiger partial charge < -0.3 is 24.3 Å². The van der Waals surface area contributed by atoms with E-state index >= 15 is 0 Å². The van der Waals surface area contributed by atoms with E-state index < -0.39 is 35.9 Å². The molecule has 1 aromatic carbocycles. The lowest BCUT2D eigenvalue weighted by atomic mass is 10.3. The molecule has 1 aliphatic heterocycles. The molecule has 9 nitrogen and oxygen atoms in total. The normalized spacial score (nSPS) is 16.2. The molecule has 2 heterocycles. The van der Waals surface area contributed by atoms with E-state index in [0.717, 1.165) is 6.07 Å². The Morgan fingerprint density at radius 1 is 1.17 bits per heavy atom. The molecule has 13 heteroatoms. The van der Waals surface area contributed by atoms with Gasteiger partial charge >= 0.3 is 12.1 Å². The molecule has 2 aromatic rings. The van der Waals surface area contributed by atoms with Gasteiger partial charge in [0, 0.05) is 19.3 Å². The maximum Gasteiger partial charge on any atom is 0.417 e. The Morgan fingerprint density at radius 2 is 1.80 bits per heavy atom. The number of nitrogens with one attached hydrogen (secondary N) is 1. The highest BCUT2D eigenvalue weighted by atomic mass is 35.5. The fraction of sp³-hybridized carbons (Fsp3) is 0.409. The number of nitrogens with zero attached hydrogens (tertiary/aromatic N) is 2. The fourth-order valence-electron chi connectivity index (χ4n) is 3.11. The van der Waals surface area contributed by atoms with Crippen molar-refractivity contribution in [2.45, 2.75) is 25.4 Å². The highest BCUT2D eigenvalue weighted by Gasteiger charge is 2.32. The van der Waals surface area contributed by atoms with Gasteiger partial charge in [-0.25, -0.2) is 9.78 Å². The highest BCUT2D eigenvalue weighted by molar-refractivity contribution is 6.31. The number of hydrogen-bond acceptors (Lipinski definition) is 8. The average molecular weight is 518 g/mol. The Bertz CT molecular complexity index is 1030. The minimum atomic E-state index is -4.57. The minimum Gasteiger partial charge on any atom is -0.481 e. The third-order valence-electron chi connectivity index (χ3n) is 4.97. The highest BCUT2D eigenvalue weighted by Crippen LogP contribution is 2.34. The summed E-state index contributed by atoms with van der Waals surface area (Å²) < 4.78 is 59.4. The third-order valence-corrected chi connectivity index (χ3v) is 5.24. The van der Waals surface area contributed by atoms with Gasteiger partial charge in [-0.15, -0.1) is 0 Å². The molecule has 1 N–H and O–H groups in total. The van der Waals surface area contributed by atoms with Gasteiger partial charge in [0.2, 0.25) is 5.88 Å². The number of esters is 1. The van der Waals surface area contributed by atoms with Crippen LogP contribution in [0, 0.1) is 0 Å². The number of carbonyl (C=O) groups excluding carboxylic acids is 2. The van der Waals surface area contributed by atoms with Crippen molar-refractivity contribution >= 4 is 23.5 Å². The van der Waals surface area contributed by atoms with Crippen molar-refractivity contribution in [1.29, 1.82) is 0 Å². The summed E-state index contributed by atoms with van der Waals surface area (Å²) >= 11 is 5.85. The number of rotatable bonds is 8. The Kier molecular flexibility index (Phi) is 8.76. The molecular weight excluding hydrogens is 495 g/mol. The zero-order valence-electron chi connectivity index (χ0n) is 18.8. The van der Waals surface area contributed by atoms with E-state index in [9.17, 15) is 22.8 Å². The zero-order valence-corrected chi connectivity index (χ0v) is 19.6. The van der Waals surface area contributed by atoms with Crippen molar-refractivity contribution in [2.24, 2.45) is 0 Å². The predicted octanol–water partition coefficient (Wildman–Crippen LogP) is 3.26. The van der Waals surface area contributed by atoms with E-state index in [1.807, 2.05) is 0 Å². The van der Waals surface area contributed by atoms with Crippen LogP contribution in [0.3, 0.4) is 0 Å². The molecular formula is C22H23ClF3N3O6. The van der Waals surface area contributed by atoms with Crippen molar-refractivity contribution in [3.63, 3.8) is 0 Å². The summed E-state index contributed by atoms with van der Waals surface area (Å²) in [5.41, 5.74) is -0.992. The molecule has 0 bridgehead atoms. The van der Waals surface area contributed by atoms with Crippen molar-refractivity contribution < 1.29 is 41.7 Å². The molecule has 2 unspecified atom stereocenters. The molecule has 1 amide bonds. The van der Waals surface area contributed by atoms with Crippen LogP contribution in [0.4, 0.5) is 13.2 Å². The van der Waals surface area contributed by atoms with Gasteiger partial charge in [0.25, 0.3) is 5.91 Å². The molecule has 35 heavy (non-hydrogen) atoms. The fourth-order valence-corrected chi connectivity index (χ4v) is 3.31. The van der Waals surface area contributed by atoms with Crippen LogP contribution in [0.5, 0.6) is 17.4 Å². The second kappa shape index (κ2) is 11.6. The zero-order chi connectivity index (χ0) is 25.6. The number of carbonyl (C=O) groups is 2. The van der Waals surface area contributed by atoms with Gasteiger partial charge in [-0.3, -0.25) is 9.69 Å². The van der Waals surface area contributed by atoms with Crippen LogP contribution in [0.15, 0.2) is 36.5 Å². The number of ether oxygens (including phenoxy) is 4. The summed E-state index contributed by atoms with van der Waals surface area (Å²) in [6.07, 6.45) is -5.88. The summed E-state index contributed by atoms with van der Waals surface area (Å²) in [5.74, 6) is -0.787. The Balaban J connectivity index is 1.59. The Morgan fingerprint density at radius 3 is 2.37 bits per heavy atom. The number of hydrogen-bond donors (Lipinski definition) is 1. The van der Waals surface area contributed by atoms with Gasteiger partial charge in [0.1, 0.15) is 16.5 Å². The number of alkyl halides is 3. The van der Waals surface area contributed by atoms with E-state index in [2.05, 4.69) is 10.3 Å². The molecule has 3 rings (SSSR count). The largest absolute Gasteiger partial charge is 0.481 e. The molecule has 0 aliphatic carbocycles. The van der Waals surface area contributed by atoms with Crippen LogP contribution in [0.25, 0.3) is 0 Å². The lowest BCUT2D eigenvalue weighted by molar-refractivity contribution is -0.153. The van der Waals surface area contributed by atoms with Crippen molar-refractivity contribution in [2.75, 3.05) is 33.4 Å². The van der Waals surface area contributed by atoms with Crippen molar-refractivity contribution in [3.05, 3.63) is 47.1 Å². The topological polar surface area (TPSA) is 99.2 Å². The molecule has 1 fully saturated rings. The van der Waals surface area contributed by atoms with Gasteiger partial charge in [0.15, 0.2) is 12.3 Å². The molecule has 1 aliphatic rings. The first-order valence-corrected chi connectivity index (χ1v) is 10.8. The molecule has 2 atom stereocenters. The van der Waals surface area contributed by atoms with Crippen LogP contribution >= 0.6 is 11.6 Å². The maximum absolute atomic E-state index is 12.7. The SMILES string of the molecule is COC(=O)C(NC(=O)C(C)Oc1ccc(Oc2ncc(C(F)(F)F)cc2Cl)cc1)N1CCOCC1. The predicted molar refractivity (Wildman–Crippen MR) is 117 cm³/mol. The van der Waals surface area contributed by atoms with Crippen molar-refractivity contribution in [3.8, 4) is 17.4 Å². The van der Waals surface area contributed by atoms with Gasteiger partial charge in [-0.05, 0) is 37.3 Å². The van der Waals surface area contributed by atoms with Gasteiger partial charge in [-0.1, -0.05) is 11.6 Å². The van der Waals surface area contributed by atoms with Gasteiger partial charge in [0.05, 0.1) is 25.9 Å². The molecule has 1 saturated heterocycles. The average Bonchev–Trinajstić information content (AvgIpc) is 2.84. The smallest absolute Gasteiger partial charge is 0.417 e. The number of methoxy groups -OCH3 is 1. The molecule has 0 spiro atoms. The van der Waals surface area contributed by atoms with Crippen LogP contribution in [0.2, 0.25) is 5.02 Å². The standard InChI is InChI=1S/C22H23ClF3N3O6/c1-13(19(30)28-18(21(31)32-2)29-7-9-33-10-8-29)34-15-3-5-16(6-4-15)35-20-17(23)11-14(12-27-20)22(24,25)26/h3-6,11-13,18H,7-10H2,1-2H3,(H,28,30). The second-order valence-electron chi connectivity index (χ2n) is 7.42. The van der Waals surface area contributed by atoms with Crippen LogP contribution in [-0.2, 0) is 25.2 Å². The summed E-state index contributed by atoms with van der Waals surface area (Å²) in [6.45, 7) is 3.27. The number of pyridine rings is 1. The monoisotopic (exact) mass is 517 g/mol. The lowest BCUT2D eigenvalue weighted by Crippen LogP contribution is -2.58. The van der Waals surface area contributed by atoms with Crippen LogP contribution in [0.1, 0.15) is 12.5 Å². The summed E-state index contributed by atoms with van der Waals surface area (Å²) in [6, 6.07) is 6.66. The minimum absolute atomic E-state index is 0.196. The van der Waals surface area contributed by atoms with E-state index in [0.29, 0.717) is 38.2 Å². The van der Waals surface area contributed by atoms with Gasteiger partial charge in [-0.2, -0.15) is 13.2 Å². The first kappa shape index (κ1) is 26.5. The molecule has 0 radical (unpaired) electrons. The van der Waals surface area contributed by atoms with E-state index in [1.54, 1.807) is 4.90 Å². The van der Waals surface area contributed by atoms with Crippen LogP contribution < -0.4 is 14.8 Å². The lowest BCUT2D eigenvalue weighted by Gasteiger charge is -2.33. The number of amides is 1. The number of benzene rings is 1. The molecule has 0 saturated carbocycles. The Hall–Kier alpha value is -3.09. The second-order valence-corrected chi connectivity index (χ2v) is 7.83. The number of morpholine rings is 1.